The van der Waals surface area contributed by atoms with Gasteiger partial charge in [0.1, 0.15) is 11.8 Å². The van der Waals surface area contributed by atoms with Gasteiger partial charge in [0.2, 0.25) is 0 Å². The molecule has 1 aromatic rings. The number of carbonyl (C=O) groups is 1. The number of aromatic hydroxyl groups is 1. The van der Waals surface area contributed by atoms with Crippen LogP contribution in [0.1, 0.15) is 11.6 Å². The molecule has 5 nitrogen and oxygen atoms in total. The van der Waals surface area contributed by atoms with Crippen LogP contribution in [-0.2, 0) is 4.79 Å². The van der Waals surface area contributed by atoms with Crippen molar-refractivity contribution in [3.8, 4) is 5.75 Å². The number of nitrogens with two attached hydrogens (primary N) is 2. The minimum Gasteiger partial charge on any atom is -0.508 e. The van der Waals surface area contributed by atoms with Gasteiger partial charge < -0.3 is 21.7 Å². The van der Waals surface area contributed by atoms with Crippen molar-refractivity contribution in [2.45, 2.75) is 12.1 Å². The fraction of sp³-hybridized carbons (Fsp3) is 0.222. The summed E-state index contributed by atoms with van der Waals surface area (Å²) in [6.07, 6.45) is 0. The van der Waals surface area contributed by atoms with Gasteiger partial charge in [0, 0.05) is 0 Å². The molecule has 6 N–H and O–H groups in total. The topological polar surface area (TPSA) is 110 Å². The summed E-state index contributed by atoms with van der Waals surface area (Å²) in [5.74, 6) is -1.05. The maximum absolute atomic E-state index is 10.5. The van der Waals surface area contributed by atoms with Crippen LogP contribution in [0.4, 0.5) is 0 Å². The van der Waals surface area contributed by atoms with E-state index < -0.39 is 18.1 Å². The molecule has 2 atom stereocenters. The fourth-order valence-electron chi connectivity index (χ4n) is 1.06. The van der Waals surface area contributed by atoms with Crippen molar-refractivity contribution in [3.05, 3.63) is 29.8 Å². The average Bonchev–Trinajstić information content (AvgIpc) is 2.16. The van der Waals surface area contributed by atoms with Crippen LogP contribution in [0.3, 0.4) is 0 Å². The molecule has 0 aromatic heterocycles. The Morgan fingerprint density at radius 3 is 1.94 bits per heavy atom. The van der Waals surface area contributed by atoms with E-state index in [1.165, 1.54) is 12.1 Å². The highest BCUT2D eigenvalue weighted by Gasteiger charge is 2.21. The number of hydrogen-bond acceptors (Lipinski definition) is 4. The summed E-state index contributed by atoms with van der Waals surface area (Å²) in [5, 5.41) is 17.6. The quantitative estimate of drug-likeness (QED) is 0.644. The Morgan fingerprint density at radius 2 is 1.56 bits per heavy atom. The Bertz CT molecular complexity index is 332. The van der Waals surface area contributed by atoms with E-state index in [4.69, 9.17) is 21.7 Å². The van der Waals surface area contributed by atoms with Crippen molar-refractivity contribution in [1.82, 2.24) is 0 Å². The minimum atomic E-state index is -1.15. The van der Waals surface area contributed by atoms with E-state index in [-0.39, 0.29) is 30.6 Å². The van der Waals surface area contributed by atoms with E-state index in [1.54, 1.807) is 12.1 Å². The van der Waals surface area contributed by atoms with Crippen molar-refractivity contribution in [1.29, 1.82) is 0 Å². The molecule has 0 aliphatic carbocycles. The van der Waals surface area contributed by atoms with Crippen LogP contribution in [0.15, 0.2) is 24.3 Å². The van der Waals surface area contributed by atoms with E-state index in [0.717, 1.165) is 0 Å². The van der Waals surface area contributed by atoms with Crippen LogP contribution >= 0.6 is 24.8 Å². The molecule has 1 rings (SSSR count). The van der Waals surface area contributed by atoms with Gasteiger partial charge in [-0.1, -0.05) is 12.1 Å². The largest absolute Gasteiger partial charge is 0.508 e. The third-order valence-electron chi connectivity index (χ3n) is 1.95. The summed E-state index contributed by atoms with van der Waals surface area (Å²) in [4.78, 5) is 10.5. The molecule has 92 valence electrons. The highest BCUT2D eigenvalue weighted by Crippen LogP contribution is 2.16. The molecule has 0 radical (unpaired) electrons. The first-order valence-corrected chi connectivity index (χ1v) is 4.05. The van der Waals surface area contributed by atoms with Crippen LogP contribution in [0.5, 0.6) is 5.75 Å². The van der Waals surface area contributed by atoms with Crippen molar-refractivity contribution >= 4 is 30.8 Å². The van der Waals surface area contributed by atoms with Gasteiger partial charge in [0.05, 0.1) is 6.04 Å². The van der Waals surface area contributed by atoms with Crippen LogP contribution in [-0.4, -0.2) is 22.2 Å². The van der Waals surface area contributed by atoms with E-state index in [0.29, 0.717) is 5.56 Å². The number of carboxylic acids is 1. The Kier molecular flexibility index (Phi) is 7.93. The van der Waals surface area contributed by atoms with Gasteiger partial charge in [0.25, 0.3) is 0 Å². The summed E-state index contributed by atoms with van der Waals surface area (Å²) in [5.41, 5.74) is 11.5. The van der Waals surface area contributed by atoms with E-state index in [2.05, 4.69) is 0 Å². The van der Waals surface area contributed by atoms with Crippen LogP contribution in [0, 0.1) is 0 Å². The molecule has 1 aromatic carbocycles. The van der Waals surface area contributed by atoms with Gasteiger partial charge in [-0.3, -0.25) is 4.79 Å². The van der Waals surface area contributed by atoms with Crippen LogP contribution < -0.4 is 11.5 Å². The highest BCUT2D eigenvalue weighted by molar-refractivity contribution is 5.85. The Balaban J connectivity index is 0. The van der Waals surface area contributed by atoms with Crippen LogP contribution in [0.2, 0.25) is 0 Å². The average molecular weight is 269 g/mol. The van der Waals surface area contributed by atoms with E-state index in [1.807, 2.05) is 0 Å². The minimum absolute atomic E-state index is 0. The first kappa shape index (κ1) is 17.4. The number of aliphatic carboxylic acids is 1. The monoisotopic (exact) mass is 268 g/mol. The first-order chi connectivity index (χ1) is 6.52. The zero-order valence-electron chi connectivity index (χ0n) is 8.24. The number of rotatable bonds is 3. The second-order valence-corrected chi connectivity index (χ2v) is 2.98. The molecular weight excluding hydrogens is 255 g/mol. The molecule has 0 saturated heterocycles. The molecule has 0 aliphatic rings. The van der Waals surface area contributed by atoms with Gasteiger partial charge >= 0.3 is 5.97 Å². The van der Waals surface area contributed by atoms with Gasteiger partial charge in [-0.25, -0.2) is 0 Å². The van der Waals surface area contributed by atoms with Gasteiger partial charge in [-0.15, -0.1) is 24.8 Å². The molecule has 0 aliphatic heterocycles. The molecule has 16 heavy (non-hydrogen) atoms. The van der Waals surface area contributed by atoms with Crippen LogP contribution in [0.25, 0.3) is 0 Å². The molecule has 0 spiro atoms. The summed E-state index contributed by atoms with van der Waals surface area (Å²) in [7, 11) is 0. The molecule has 0 saturated carbocycles. The maximum Gasteiger partial charge on any atom is 0.322 e. The Labute approximate surface area is 105 Å². The molecule has 0 bridgehead atoms. The second kappa shape index (κ2) is 7.29. The third kappa shape index (κ3) is 4.24. The lowest BCUT2D eigenvalue weighted by Gasteiger charge is -2.15. The summed E-state index contributed by atoms with van der Waals surface area (Å²) >= 11 is 0. The van der Waals surface area contributed by atoms with Crippen molar-refractivity contribution in [2.24, 2.45) is 11.5 Å². The van der Waals surface area contributed by atoms with Gasteiger partial charge in [0.15, 0.2) is 0 Å². The summed E-state index contributed by atoms with van der Waals surface area (Å²) in [6.45, 7) is 0. The number of benzene rings is 1. The molecule has 0 heterocycles. The Hall–Kier alpha value is -1.01. The number of phenols is 1. The molecule has 7 heteroatoms. The molecule has 1 unspecified atom stereocenters. The number of phenolic OH excluding ortho intramolecular Hbond substituents is 1. The van der Waals surface area contributed by atoms with E-state index >= 15 is 0 Å². The summed E-state index contributed by atoms with van der Waals surface area (Å²) < 4.78 is 0. The second-order valence-electron chi connectivity index (χ2n) is 2.98. The smallest absolute Gasteiger partial charge is 0.322 e. The summed E-state index contributed by atoms with van der Waals surface area (Å²) in [6, 6.07) is 4.05. The number of carboxylic acid groups (broad SMARTS) is 1. The predicted molar refractivity (Wildman–Crippen MR) is 65.1 cm³/mol. The first-order valence-electron chi connectivity index (χ1n) is 4.05. The third-order valence-corrected chi connectivity index (χ3v) is 1.95. The normalized spacial score (nSPS) is 12.9. The predicted octanol–water partition coefficient (Wildman–Crippen LogP) is 0.647. The fourth-order valence-corrected chi connectivity index (χ4v) is 1.06. The zero-order chi connectivity index (χ0) is 10.7. The zero-order valence-corrected chi connectivity index (χ0v) is 9.87. The molecule has 0 fully saturated rings. The van der Waals surface area contributed by atoms with Crippen molar-refractivity contribution in [3.63, 3.8) is 0 Å². The molecule has 0 amide bonds. The number of hydrogen-bond donors (Lipinski definition) is 4. The maximum atomic E-state index is 10.5. The molecular formula is C9H14Cl2N2O3. The van der Waals surface area contributed by atoms with Gasteiger partial charge in [-0.05, 0) is 17.7 Å². The highest BCUT2D eigenvalue weighted by atomic mass is 35.5. The Morgan fingerprint density at radius 1 is 1.12 bits per heavy atom. The SMILES string of the molecule is Cl.Cl.NC(c1ccc(O)cc1)[C@H](N)C(=O)O. The lowest BCUT2D eigenvalue weighted by molar-refractivity contribution is -0.139. The standard InChI is InChI=1S/C9H12N2O3.2ClH/c10-7(8(11)9(13)14)5-1-3-6(12)4-2-5;;/h1-4,7-8,12H,10-11H2,(H,13,14);2*1H/t7?,8-;;/m0../s1. The lowest BCUT2D eigenvalue weighted by Crippen LogP contribution is -2.40. The lowest BCUT2D eigenvalue weighted by atomic mass is 10.0. The van der Waals surface area contributed by atoms with Gasteiger partial charge in [-0.2, -0.15) is 0 Å². The van der Waals surface area contributed by atoms with E-state index in [9.17, 15) is 4.79 Å². The van der Waals surface area contributed by atoms with Crippen molar-refractivity contribution < 1.29 is 15.0 Å². The van der Waals surface area contributed by atoms with Crippen molar-refractivity contribution in [2.75, 3.05) is 0 Å². The number of halogens is 2.